The number of aromatic nitrogens is 2. The van der Waals surface area contributed by atoms with E-state index in [0.717, 1.165) is 17.0 Å². The van der Waals surface area contributed by atoms with Crippen molar-refractivity contribution in [1.29, 1.82) is 0 Å². The summed E-state index contributed by atoms with van der Waals surface area (Å²) < 4.78 is 13.4. The molecule has 1 heterocycles. The average molecular weight is 275 g/mol. The highest BCUT2D eigenvalue weighted by molar-refractivity contribution is 5.90. The molecule has 0 spiro atoms. The summed E-state index contributed by atoms with van der Waals surface area (Å²) in [5.74, 6) is -0.447. The molecule has 2 rings (SSSR count). The van der Waals surface area contributed by atoms with Gasteiger partial charge in [0, 0.05) is 17.8 Å². The molecule has 0 bridgehead atoms. The van der Waals surface area contributed by atoms with Crippen molar-refractivity contribution in [2.75, 3.05) is 5.32 Å². The third-order valence-electron chi connectivity index (χ3n) is 3.34. The summed E-state index contributed by atoms with van der Waals surface area (Å²) in [4.78, 5) is 11.9. The summed E-state index contributed by atoms with van der Waals surface area (Å²) in [6, 6.07) is 4.68. The molecule has 1 aromatic carbocycles. The normalized spacial score (nSPS) is 10.6. The molecule has 1 amide bonds. The molecule has 0 saturated carbocycles. The van der Waals surface area contributed by atoms with Crippen LogP contribution in [0.4, 0.5) is 10.1 Å². The van der Waals surface area contributed by atoms with Crippen molar-refractivity contribution in [3.05, 3.63) is 46.5 Å². The Hall–Kier alpha value is -2.17. The zero-order chi connectivity index (χ0) is 14.7. The largest absolute Gasteiger partial charge is 0.326 e. The second-order valence-corrected chi connectivity index (χ2v) is 4.92. The molecule has 0 radical (unpaired) electrons. The van der Waals surface area contributed by atoms with E-state index >= 15 is 0 Å². The van der Waals surface area contributed by atoms with Gasteiger partial charge in [-0.3, -0.25) is 9.89 Å². The topological polar surface area (TPSA) is 57.8 Å². The first-order valence-corrected chi connectivity index (χ1v) is 6.54. The highest BCUT2D eigenvalue weighted by Gasteiger charge is 2.10. The number of benzene rings is 1. The lowest BCUT2D eigenvalue weighted by molar-refractivity contribution is -0.116. The van der Waals surface area contributed by atoms with Gasteiger partial charge in [0.25, 0.3) is 0 Å². The summed E-state index contributed by atoms with van der Waals surface area (Å²) in [6.07, 6.45) is 0.963. The zero-order valence-electron chi connectivity index (χ0n) is 11.9. The van der Waals surface area contributed by atoms with Crippen LogP contribution in [-0.4, -0.2) is 16.1 Å². The van der Waals surface area contributed by atoms with Crippen molar-refractivity contribution in [2.24, 2.45) is 0 Å². The number of nitrogens with zero attached hydrogens (tertiary/aromatic N) is 1. The molecule has 2 N–H and O–H groups in total. The van der Waals surface area contributed by atoms with Gasteiger partial charge < -0.3 is 5.32 Å². The molecule has 0 saturated heterocycles. The average Bonchev–Trinajstić information content (AvgIpc) is 2.71. The highest BCUT2D eigenvalue weighted by Crippen LogP contribution is 2.15. The molecule has 1 aromatic heterocycles. The van der Waals surface area contributed by atoms with Crippen LogP contribution in [0.2, 0.25) is 0 Å². The number of amides is 1. The van der Waals surface area contributed by atoms with Gasteiger partial charge in [-0.15, -0.1) is 0 Å². The van der Waals surface area contributed by atoms with Crippen LogP contribution in [0.5, 0.6) is 0 Å². The van der Waals surface area contributed by atoms with Crippen LogP contribution in [-0.2, 0) is 11.2 Å². The monoisotopic (exact) mass is 275 g/mol. The van der Waals surface area contributed by atoms with Crippen LogP contribution >= 0.6 is 0 Å². The van der Waals surface area contributed by atoms with E-state index in [0.29, 0.717) is 24.1 Å². The number of hydrogen-bond donors (Lipinski definition) is 2. The summed E-state index contributed by atoms with van der Waals surface area (Å²) in [6.45, 7) is 5.53. The standard InChI is InChI=1S/C15H18FN3O/c1-9-4-5-12(8-14(9)16)17-15(20)7-6-13-10(2)18-19-11(13)3/h4-5,8H,6-7H2,1-3H3,(H,17,20)(H,18,19). The molecule has 0 fully saturated rings. The summed E-state index contributed by atoms with van der Waals surface area (Å²) in [7, 11) is 0. The number of hydrogen-bond acceptors (Lipinski definition) is 2. The van der Waals surface area contributed by atoms with Gasteiger partial charge in [0.05, 0.1) is 5.69 Å². The fraction of sp³-hybridized carbons (Fsp3) is 0.333. The van der Waals surface area contributed by atoms with Crippen LogP contribution in [0.25, 0.3) is 0 Å². The Morgan fingerprint density at radius 3 is 2.70 bits per heavy atom. The molecule has 0 atom stereocenters. The van der Waals surface area contributed by atoms with Crippen molar-refractivity contribution in [3.8, 4) is 0 Å². The van der Waals surface area contributed by atoms with Crippen molar-refractivity contribution in [3.63, 3.8) is 0 Å². The number of H-pyrrole nitrogens is 1. The van der Waals surface area contributed by atoms with E-state index in [4.69, 9.17) is 0 Å². The van der Waals surface area contributed by atoms with Crippen LogP contribution in [0, 0.1) is 26.6 Å². The van der Waals surface area contributed by atoms with Crippen LogP contribution in [0.3, 0.4) is 0 Å². The zero-order valence-corrected chi connectivity index (χ0v) is 11.9. The Morgan fingerprint density at radius 2 is 2.10 bits per heavy atom. The fourth-order valence-corrected chi connectivity index (χ4v) is 2.08. The lowest BCUT2D eigenvalue weighted by atomic mass is 10.1. The summed E-state index contributed by atoms with van der Waals surface area (Å²) in [5.41, 5.74) is 4.01. The highest BCUT2D eigenvalue weighted by atomic mass is 19.1. The molecule has 20 heavy (non-hydrogen) atoms. The molecule has 4 nitrogen and oxygen atoms in total. The van der Waals surface area contributed by atoms with E-state index in [1.54, 1.807) is 19.1 Å². The maximum atomic E-state index is 13.4. The Bertz CT molecular complexity index is 615. The van der Waals surface area contributed by atoms with E-state index in [1.807, 2.05) is 13.8 Å². The number of carbonyl (C=O) groups is 1. The Balaban J connectivity index is 1.94. The number of rotatable bonds is 4. The maximum Gasteiger partial charge on any atom is 0.224 e. The first-order valence-electron chi connectivity index (χ1n) is 6.54. The lowest BCUT2D eigenvalue weighted by Crippen LogP contribution is -2.13. The second kappa shape index (κ2) is 5.86. The van der Waals surface area contributed by atoms with E-state index in [-0.39, 0.29) is 11.7 Å². The van der Waals surface area contributed by atoms with Crippen LogP contribution in [0.15, 0.2) is 18.2 Å². The van der Waals surface area contributed by atoms with Crippen LogP contribution in [0.1, 0.15) is 28.9 Å². The van der Waals surface area contributed by atoms with Crippen molar-refractivity contribution in [2.45, 2.75) is 33.6 Å². The lowest BCUT2D eigenvalue weighted by Gasteiger charge is -2.06. The molecule has 5 heteroatoms. The molecule has 0 aliphatic carbocycles. The molecule has 106 valence electrons. The second-order valence-electron chi connectivity index (χ2n) is 4.92. The minimum Gasteiger partial charge on any atom is -0.326 e. The number of aryl methyl sites for hydroxylation is 3. The summed E-state index contributed by atoms with van der Waals surface area (Å²) in [5, 5.41) is 9.69. The van der Waals surface area contributed by atoms with E-state index < -0.39 is 0 Å². The third kappa shape index (κ3) is 3.23. The molecular weight excluding hydrogens is 257 g/mol. The van der Waals surface area contributed by atoms with Gasteiger partial charge in [0.1, 0.15) is 5.82 Å². The van der Waals surface area contributed by atoms with E-state index in [2.05, 4.69) is 15.5 Å². The van der Waals surface area contributed by atoms with Gasteiger partial charge in [-0.25, -0.2) is 4.39 Å². The van der Waals surface area contributed by atoms with Gasteiger partial charge >= 0.3 is 0 Å². The number of carbonyl (C=O) groups excluding carboxylic acids is 1. The minimum absolute atomic E-state index is 0.131. The number of halogens is 1. The maximum absolute atomic E-state index is 13.4. The minimum atomic E-state index is -0.315. The smallest absolute Gasteiger partial charge is 0.224 e. The number of nitrogens with one attached hydrogen (secondary N) is 2. The summed E-state index contributed by atoms with van der Waals surface area (Å²) >= 11 is 0. The van der Waals surface area contributed by atoms with Gasteiger partial charge in [0.2, 0.25) is 5.91 Å². The number of aromatic amines is 1. The first-order chi connectivity index (χ1) is 9.47. The third-order valence-corrected chi connectivity index (χ3v) is 3.34. The molecule has 0 unspecified atom stereocenters. The molecular formula is C15H18FN3O. The Morgan fingerprint density at radius 1 is 1.35 bits per heavy atom. The first kappa shape index (κ1) is 14.2. The Kier molecular flexibility index (Phi) is 4.17. The van der Waals surface area contributed by atoms with Crippen molar-refractivity contribution in [1.82, 2.24) is 10.2 Å². The number of anilines is 1. The quantitative estimate of drug-likeness (QED) is 0.901. The van der Waals surface area contributed by atoms with E-state index in [1.165, 1.54) is 6.07 Å². The fourth-order valence-electron chi connectivity index (χ4n) is 2.08. The van der Waals surface area contributed by atoms with Crippen molar-refractivity contribution >= 4 is 11.6 Å². The predicted molar refractivity (Wildman–Crippen MR) is 76.1 cm³/mol. The Labute approximate surface area is 117 Å². The van der Waals surface area contributed by atoms with Gasteiger partial charge in [0.15, 0.2) is 0 Å². The van der Waals surface area contributed by atoms with Crippen molar-refractivity contribution < 1.29 is 9.18 Å². The molecule has 0 aliphatic heterocycles. The van der Waals surface area contributed by atoms with Crippen LogP contribution < -0.4 is 5.32 Å². The van der Waals surface area contributed by atoms with Gasteiger partial charge in [-0.1, -0.05) is 6.07 Å². The predicted octanol–water partition coefficient (Wildman–Crippen LogP) is 3.05. The molecule has 0 aliphatic rings. The SMILES string of the molecule is Cc1ccc(NC(=O)CCc2c(C)n[nH]c2C)cc1F. The van der Waals surface area contributed by atoms with E-state index in [9.17, 15) is 9.18 Å². The molecule has 2 aromatic rings. The van der Waals surface area contributed by atoms with Gasteiger partial charge in [-0.2, -0.15) is 5.10 Å². The van der Waals surface area contributed by atoms with Gasteiger partial charge in [-0.05, 0) is 50.5 Å².